The summed E-state index contributed by atoms with van der Waals surface area (Å²) in [5.74, 6) is 2.10. The van der Waals surface area contributed by atoms with Gasteiger partial charge in [-0.15, -0.1) is 0 Å². The zero-order valence-electron chi connectivity index (χ0n) is 13.9. The van der Waals surface area contributed by atoms with Crippen LogP contribution < -0.4 is 19.5 Å². The molecule has 1 atom stereocenters. The summed E-state index contributed by atoms with van der Waals surface area (Å²) < 4.78 is 16.5. The third kappa shape index (κ3) is 3.62. The summed E-state index contributed by atoms with van der Waals surface area (Å²) in [4.78, 5) is 12.4. The second-order valence-corrected chi connectivity index (χ2v) is 5.56. The van der Waals surface area contributed by atoms with Crippen LogP contribution in [0.2, 0.25) is 0 Å². The number of hydrogen-bond acceptors (Lipinski definition) is 4. The Labute approximate surface area is 141 Å². The standard InChI is InChI=1S/C19H21NO4/c1-3-22-16-7-4-14(5-8-16)19(21)20-13(2)15-6-9-17-18(12-15)24-11-10-23-17/h4-9,12-13H,3,10-11H2,1-2H3,(H,20,21). The summed E-state index contributed by atoms with van der Waals surface area (Å²) in [6.45, 7) is 5.58. The molecule has 2 aromatic rings. The van der Waals surface area contributed by atoms with Gasteiger partial charge in [-0.05, 0) is 55.8 Å². The van der Waals surface area contributed by atoms with E-state index in [2.05, 4.69) is 5.32 Å². The van der Waals surface area contributed by atoms with Crippen LogP contribution in [0.25, 0.3) is 0 Å². The molecule has 0 saturated carbocycles. The fraction of sp³-hybridized carbons (Fsp3) is 0.316. The minimum absolute atomic E-state index is 0.125. The van der Waals surface area contributed by atoms with E-state index in [4.69, 9.17) is 14.2 Å². The van der Waals surface area contributed by atoms with Crippen LogP contribution in [0.5, 0.6) is 17.2 Å². The number of amides is 1. The van der Waals surface area contributed by atoms with Crippen molar-refractivity contribution in [2.24, 2.45) is 0 Å². The van der Waals surface area contributed by atoms with E-state index in [1.54, 1.807) is 24.3 Å². The molecule has 24 heavy (non-hydrogen) atoms. The largest absolute Gasteiger partial charge is 0.494 e. The van der Waals surface area contributed by atoms with Crippen molar-refractivity contribution in [3.8, 4) is 17.2 Å². The van der Waals surface area contributed by atoms with Gasteiger partial charge < -0.3 is 19.5 Å². The zero-order valence-corrected chi connectivity index (χ0v) is 13.9. The monoisotopic (exact) mass is 327 g/mol. The summed E-state index contributed by atoms with van der Waals surface area (Å²) in [6.07, 6.45) is 0. The lowest BCUT2D eigenvalue weighted by Gasteiger charge is -2.21. The first-order valence-corrected chi connectivity index (χ1v) is 8.10. The number of ether oxygens (including phenoxy) is 3. The van der Waals surface area contributed by atoms with Gasteiger partial charge in [0.05, 0.1) is 12.6 Å². The van der Waals surface area contributed by atoms with E-state index in [9.17, 15) is 4.79 Å². The molecule has 0 spiro atoms. The van der Waals surface area contributed by atoms with Crippen molar-refractivity contribution in [2.45, 2.75) is 19.9 Å². The highest BCUT2D eigenvalue weighted by molar-refractivity contribution is 5.94. The predicted octanol–water partition coefficient (Wildman–Crippen LogP) is 3.35. The average molecular weight is 327 g/mol. The number of rotatable bonds is 5. The fourth-order valence-corrected chi connectivity index (χ4v) is 2.56. The molecule has 0 radical (unpaired) electrons. The summed E-state index contributed by atoms with van der Waals surface area (Å²) in [6, 6.07) is 12.7. The highest BCUT2D eigenvalue weighted by atomic mass is 16.6. The molecule has 1 aliphatic heterocycles. The Bertz CT molecular complexity index is 712. The lowest BCUT2D eigenvalue weighted by molar-refractivity contribution is 0.0939. The predicted molar refractivity (Wildman–Crippen MR) is 90.9 cm³/mol. The second-order valence-electron chi connectivity index (χ2n) is 5.56. The lowest BCUT2D eigenvalue weighted by atomic mass is 10.1. The van der Waals surface area contributed by atoms with Gasteiger partial charge in [-0.25, -0.2) is 0 Å². The average Bonchev–Trinajstić information content (AvgIpc) is 2.62. The molecule has 1 unspecified atom stereocenters. The number of nitrogens with one attached hydrogen (secondary N) is 1. The molecule has 2 aromatic carbocycles. The van der Waals surface area contributed by atoms with Crippen molar-refractivity contribution in [2.75, 3.05) is 19.8 Å². The minimum Gasteiger partial charge on any atom is -0.494 e. The van der Waals surface area contributed by atoms with Crippen LogP contribution in [0.1, 0.15) is 35.8 Å². The summed E-state index contributed by atoms with van der Waals surface area (Å²) >= 11 is 0. The molecule has 0 bridgehead atoms. The Morgan fingerprint density at radius 3 is 2.54 bits per heavy atom. The molecule has 1 N–H and O–H groups in total. The first-order chi connectivity index (χ1) is 11.7. The van der Waals surface area contributed by atoms with Crippen molar-refractivity contribution in [3.05, 3.63) is 53.6 Å². The molecule has 1 aliphatic rings. The third-order valence-corrected chi connectivity index (χ3v) is 3.84. The number of fused-ring (bicyclic) bond motifs is 1. The highest BCUT2D eigenvalue weighted by Gasteiger charge is 2.16. The molecule has 126 valence electrons. The van der Waals surface area contributed by atoms with E-state index in [-0.39, 0.29) is 11.9 Å². The van der Waals surface area contributed by atoms with E-state index in [1.165, 1.54) is 0 Å². The van der Waals surface area contributed by atoms with Crippen LogP contribution in [0.15, 0.2) is 42.5 Å². The number of hydrogen-bond donors (Lipinski definition) is 1. The minimum atomic E-state index is -0.139. The molecule has 0 aromatic heterocycles. The normalized spacial score (nSPS) is 13.9. The molecule has 1 heterocycles. The quantitative estimate of drug-likeness (QED) is 0.915. The zero-order chi connectivity index (χ0) is 16.9. The Morgan fingerprint density at radius 2 is 1.83 bits per heavy atom. The molecule has 0 fully saturated rings. The van der Waals surface area contributed by atoms with Gasteiger partial charge in [0.15, 0.2) is 11.5 Å². The maximum atomic E-state index is 12.4. The fourth-order valence-electron chi connectivity index (χ4n) is 2.56. The van der Waals surface area contributed by atoms with Crippen LogP contribution in [-0.4, -0.2) is 25.7 Å². The number of carbonyl (C=O) groups excluding carboxylic acids is 1. The Hall–Kier alpha value is -2.69. The summed E-state index contributed by atoms with van der Waals surface area (Å²) in [5.41, 5.74) is 1.57. The third-order valence-electron chi connectivity index (χ3n) is 3.84. The van der Waals surface area contributed by atoms with E-state index in [0.717, 1.165) is 22.8 Å². The maximum Gasteiger partial charge on any atom is 0.251 e. The van der Waals surface area contributed by atoms with Gasteiger partial charge in [0.2, 0.25) is 0 Å². The molecule has 3 rings (SSSR count). The van der Waals surface area contributed by atoms with Crippen LogP contribution in [0.4, 0.5) is 0 Å². The summed E-state index contributed by atoms with van der Waals surface area (Å²) in [7, 11) is 0. The maximum absolute atomic E-state index is 12.4. The SMILES string of the molecule is CCOc1ccc(C(=O)NC(C)c2ccc3c(c2)OCCO3)cc1. The Balaban J connectivity index is 1.67. The van der Waals surface area contributed by atoms with Gasteiger partial charge in [-0.1, -0.05) is 6.07 Å². The Morgan fingerprint density at radius 1 is 1.12 bits per heavy atom. The van der Waals surface area contributed by atoms with Crippen LogP contribution >= 0.6 is 0 Å². The number of carbonyl (C=O) groups is 1. The van der Waals surface area contributed by atoms with Crippen molar-refractivity contribution in [3.63, 3.8) is 0 Å². The van der Waals surface area contributed by atoms with Crippen molar-refractivity contribution in [1.29, 1.82) is 0 Å². The molecule has 1 amide bonds. The van der Waals surface area contributed by atoms with Crippen LogP contribution in [0.3, 0.4) is 0 Å². The van der Waals surface area contributed by atoms with E-state index >= 15 is 0 Å². The van der Waals surface area contributed by atoms with Gasteiger partial charge in [0.25, 0.3) is 5.91 Å². The van der Waals surface area contributed by atoms with Crippen LogP contribution in [0, 0.1) is 0 Å². The van der Waals surface area contributed by atoms with Crippen LogP contribution in [-0.2, 0) is 0 Å². The van der Waals surface area contributed by atoms with Gasteiger partial charge in [-0.3, -0.25) is 4.79 Å². The smallest absolute Gasteiger partial charge is 0.251 e. The van der Waals surface area contributed by atoms with Gasteiger partial charge in [0, 0.05) is 5.56 Å². The van der Waals surface area contributed by atoms with Crippen molar-refractivity contribution >= 4 is 5.91 Å². The topological polar surface area (TPSA) is 56.8 Å². The lowest BCUT2D eigenvalue weighted by Crippen LogP contribution is -2.26. The molecule has 5 nitrogen and oxygen atoms in total. The van der Waals surface area contributed by atoms with Gasteiger partial charge >= 0.3 is 0 Å². The van der Waals surface area contributed by atoms with E-state index in [0.29, 0.717) is 25.4 Å². The first-order valence-electron chi connectivity index (χ1n) is 8.10. The van der Waals surface area contributed by atoms with Crippen molar-refractivity contribution in [1.82, 2.24) is 5.32 Å². The van der Waals surface area contributed by atoms with E-state index < -0.39 is 0 Å². The highest BCUT2D eigenvalue weighted by Crippen LogP contribution is 2.32. The second kappa shape index (κ2) is 7.25. The summed E-state index contributed by atoms with van der Waals surface area (Å²) in [5, 5.41) is 2.99. The number of benzene rings is 2. The van der Waals surface area contributed by atoms with E-state index in [1.807, 2.05) is 32.0 Å². The Kier molecular flexibility index (Phi) is 4.89. The molecule has 0 saturated heterocycles. The van der Waals surface area contributed by atoms with Crippen molar-refractivity contribution < 1.29 is 19.0 Å². The molecule has 5 heteroatoms. The van der Waals surface area contributed by atoms with Gasteiger partial charge in [0.1, 0.15) is 19.0 Å². The van der Waals surface area contributed by atoms with Gasteiger partial charge in [-0.2, -0.15) is 0 Å². The first kappa shape index (κ1) is 16.2. The molecular weight excluding hydrogens is 306 g/mol. The molecule has 0 aliphatic carbocycles. The molecular formula is C19H21NO4.